The molecule has 1 fully saturated rings. The highest BCUT2D eigenvalue weighted by molar-refractivity contribution is 7.91. The third-order valence-electron chi connectivity index (χ3n) is 5.13. The number of nitrogens with zero attached hydrogens (tertiary/aromatic N) is 1. The lowest BCUT2D eigenvalue weighted by Crippen LogP contribution is -2.43. The van der Waals surface area contributed by atoms with Gasteiger partial charge in [-0.25, -0.2) is 13.2 Å². The highest BCUT2D eigenvalue weighted by Crippen LogP contribution is 2.37. The van der Waals surface area contributed by atoms with Crippen molar-refractivity contribution in [3.63, 3.8) is 0 Å². The number of amides is 1. The van der Waals surface area contributed by atoms with Gasteiger partial charge in [0, 0.05) is 11.4 Å². The summed E-state index contributed by atoms with van der Waals surface area (Å²) in [6, 6.07) is 13.3. The molecule has 1 unspecified atom stereocenters. The first-order valence-electron chi connectivity index (χ1n) is 10.3. The minimum Gasteiger partial charge on any atom is -0.462 e. The number of halogens is 1. The van der Waals surface area contributed by atoms with Gasteiger partial charge < -0.3 is 10.1 Å². The molecule has 2 aromatic heterocycles. The van der Waals surface area contributed by atoms with E-state index in [1.165, 1.54) is 27.8 Å². The number of hydrogen-bond donors (Lipinski definition) is 1. The predicted molar refractivity (Wildman–Crippen MR) is 131 cm³/mol. The molecule has 1 amide bonds. The number of carbonyl (C=O) groups excluding carboxylic acids is 2. The van der Waals surface area contributed by atoms with Gasteiger partial charge in [0.1, 0.15) is 15.1 Å². The molecule has 3 heterocycles. The van der Waals surface area contributed by atoms with Crippen LogP contribution in [0, 0.1) is 0 Å². The van der Waals surface area contributed by atoms with Gasteiger partial charge in [-0.3, -0.25) is 4.79 Å². The van der Waals surface area contributed by atoms with E-state index in [-0.39, 0.29) is 22.2 Å². The number of ether oxygens (including phenoxy) is 1. The standard InChI is InChI=1S/C22H21ClN2O5S3/c1-2-30-22(27)20-15(13-17(31-20)14-7-4-3-5-8-14)24-21(26)16-9-6-12-25(16)33(28,29)19-11-10-18(23)32-19/h3-5,7-8,10-11,13,16H,2,6,9,12H2,1H3,(H,24,26). The monoisotopic (exact) mass is 524 g/mol. The van der Waals surface area contributed by atoms with E-state index in [0.717, 1.165) is 21.8 Å². The molecule has 1 aliphatic heterocycles. The molecule has 1 atom stereocenters. The zero-order valence-electron chi connectivity index (χ0n) is 17.6. The number of rotatable bonds is 7. The van der Waals surface area contributed by atoms with Gasteiger partial charge in [-0.05, 0) is 43.5 Å². The molecule has 1 saturated heterocycles. The molecule has 1 aromatic carbocycles. The van der Waals surface area contributed by atoms with E-state index in [1.54, 1.807) is 13.0 Å². The van der Waals surface area contributed by atoms with Crippen LogP contribution in [0.25, 0.3) is 10.4 Å². The average Bonchev–Trinajstić information content (AvgIpc) is 3.54. The van der Waals surface area contributed by atoms with Crippen molar-refractivity contribution in [1.82, 2.24) is 4.31 Å². The van der Waals surface area contributed by atoms with Crippen molar-refractivity contribution < 1.29 is 22.7 Å². The SMILES string of the molecule is CCOC(=O)c1sc(-c2ccccc2)cc1NC(=O)C1CCCN1S(=O)(=O)c1ccc(Cl)s1. The van der Waals surface area contributed by atoms with Crippen molar-refractivity contribution in [3.05, 3.63) is 57.7 Å². The van der Waals surface area contributed by atoms with Gasteiger partial charge in [-0.1, -0.05) is 41.9 Å². The Labute approximate surface area is 205 Å². The summed E-state index contributed by atoms with van der Waals surface area (Å²) in [5, 5.41) is 2.78. The Morgan fingerprint density at radius 2 is 1.94 bits per heavy atom. The molecule has 0 bridgehead atoms. The molecule has 33 heavy (non-hydrogen) atoms. The molecule has 1 N–H and O–H groups in total. The number of nitrogens with one attached hydrogen (secondary N) is 1. The van der Waals surface area contributed by atoms with E-state index in [4.69, 9.17) is 16.3 Å². The van der Waals surface area contributed by atoms with Crippen molar-refractivity contribution in [2.75, 3.05) is 18.5 Å². The van der Waals surface area contributed by atoms with Crippen LogP contribution in [0.4, 0.5) is 5.69 Å². The van der Waals surface area contributed by atoms with Crippen LogP contribution in [0.1, 0.15) is 29.4 Å². The van der Waals surface area contributed by atoms with E-state index in [2.05, 4.69) is 5.32 Å². The normalized spacial score (nSPS) is 16.6. The molecular formula is C22H21ClN2O5S3. The van der Waals surface area contributed by atoms with E-state index < -0.39 is 27.9 Å². The second-order valence-corrected chi connectivity index (χ2v) is 12.1. The van der Waals surface area contributed by atoms with Crippen LogP contribution in [0.15, 0.2) is 52.7 Å². The van der Waals surface area contributed by atoms with Gasteiger partial charge in [0.15, 0.2) is 0 Å². The Morgan fingerprint density at radius 1 is 1.18 bits per heavy atom. The summed E-state index contributed by atoms with van der Waals surface area (Å²) in [5.74, 6) is -1.02. The van der Waals surface area contributed by atoms with Gasteiger partial charge in [0.25, 0.3) is 10.0 Å². The summed E-state index contributed by atoms with van der Waals surface area (Å²) in [7, 11) is -3.86. The van der Waals surface area contributed by atoms with Gasteiger partial charge >= 0.3 is 5.97 Å². The first-order chi connectivity index (χ1) is 15.8. The smallest absolute Gasteiger partial charge is 0.350 e. The zero-order chi connectivity index (χ0) is 23.6. The van der Waals surface area contributed by atoms with Crippen LogP contribution >= 0.6 is 34.3 Å². The number of esters is 1. The molecule has 0 saturated carbocycles. The summed E-state index contributed by atoms with van der Waals surface area (Å²) in [4.78, 5) is 26.8. The van der Waals surface area contributed by atoms with Crippen LogP contribution in [-0.2, 0) is 19.6 Å². The number of hydrogen-bond acceptors (Lipinski definition) is 7. The minimum absolute atomic E-state index is 0.0984. The van der Waals surface area contributed by atoms with Crippen LogP contribution in [0.2, 0.25) is 4.34 Å². The Kier molecular flexibility index (Phi) is 7.20. The molecule has 1 aliphatic rings. The van der Waals surface area contributed by atoms with Gasteiger partial charge in [-0.15, -0.1) is 22.7 Å². The van der Waals surface area contributed by atoms with Crippen molar-refractivity contribution in [3.8, 4) is 10.4 Å². The first-order valence-corrected chi connectivity index (χ1v) is 13.7. The van der Waals surface area contributed by atoms with Gasteiger partial charge in [0.2, 0.25) is 5.91 Å². The number of benzene rings is 1. The maximum atomic E-state index is 13.2. The van der Waals surface area contributed by atoms with Gasteiger partial charge in [-0.2, -0.15) is 4.31 Å². The van der Waals surface area contributed by atoms with E-state index in [1.807, 2.05) is 30.3 Å². The molecule has 0 spiro atoms. The largest absolute Gasteiger partial charge is 0.462 e. The molecule has 3 aromatic rings. The van der Waals surface area contributed by atoms with Crippen LogP contribution in [0.5, 0.6) is 0 Å². The number of thiophene rings is 2. The fourth-order valence-electron chi connectivity index (χ4n) is 3.63. The zero-order valence-corrected chi connectivity index (χ0v) is 20.8. The Balaban J connectivity index is 1.62. The second kappa shape index (κ2) is 9.94. The molecular weight excluding hydrogens is 504 g/mol. The lowest BCUT2D eigenvalue weighted by Gasteiger charge is -2.22. The van der Waals surface area contributed by atoms with Crippen LogP contribution in [0.3, 0.4) is 0 Å². The Bertz CT molecular complexity index is 1270. The topological polar surface area (TPSA) is 92.8 Å². The third kappa shape index (κ3) is 4.99. The predicted octanol–water partition coefficient (Wildman–Crippen LogP) is 5.10. The second-order valence-electron chi connectivity index (χ2n) is 7.26. The lowest BCUT2D eigenvalue weighted by atomic mass is 10.2. The quantitative estimate of drug-likeness (QED) is 0.434. The maximum Gasteiger partial charge on any atom is 0.350 e. The highest BCUT2D eigenvalue weighted by atomic mass is 35.5. The summed E-state index contributed by atoms with van der Waals surface area (Å²) in [6.07, 6.45) is 0.939. The third-order valence-corrected chi connectivity index (χ3v) is 9.90. The summed E-state index contributed by atoms with van der Waals surface area (Å²) < 4.78 is 33.0. The lowest BCUT2D eigenvalue weighted by molar-refractivity contribution is -0.119. The van der Waals surface area contributed by atoms with Crippen molar-refractivity contribution in [2.24, 2.45) is 0 Å². The average molecular weight is 525 g/mol. The maximum absolute atomic E-state index is 13.2. The molecule has 0 aliphatic carbocycles. The molecule has 174 valence electrons. The summed E-state index contributed by atoms with van der Waals surface area (Å²) in [6.45, 7) is 2.14. The Morgan fingerprint density at radius 3 is 2.61 bits per heavy atom. The first kappa shape index (κ1) is 23.9. The number of anilines is 1. The van der Waals surface area contributed by atoms with E-state index in [0.29, 0.717) is 22.9 Å². The van der Waals surface area contributed by atoms with E-state index in [9.17, 15) is 18.0 Å². The summed E-state index contributed by atoms with van der Waals surface area (Å²) in [5.41, 5.74) is 1.21. The van der Waals surface area contributed by atoms with Crippen LogP contribution < -0.4 is 5.32 Å². The number of carbonyl (C=O) groups is 2. The fraction of sp³-hybridized carbons (Fsp3) is 0.273. The highest BCUT2D eigenvalue weighted by Gasteiger charge is 2.40. The minimum atomic E-state index is -3.86. The van der Waals surface area contributed by atoms with Crippen LogP contribution in [-0.4, -0.2) is 43.8 Å². The number of sulfonamides is 1. The van der Waals surface area contributed by atoms with Gasteiger partial charge in [0.05, 0.1) is 16.6 Å². The molecule has 0 radical (unpaired) electrons. The summed E-state index contributed by atoms with van der Waals surface area (Å²) >= 11 is 8.09. The Hall–Kier alpha value is -2.24. The van der Waals surface area contributed by atoms with E-state index >= 15 is 0 Å². The van der Waals surface area contributed by atoms with Crippen molar-refractivity contribution in [2.45, 2.75) is 30.0 Å². The van der Waals surface area contributed by atoms with Crippen molar-refractivity contribution >= 4 is 61.9 Å². The molecule has 7 nitrogen and oxygen atoms in total. The molecule has 4 rings (SSSR count). The van der Waals surface area contributed by atoms with Crippen molar-refractivity contribution in [1.29, 1.82) is 0 Å². The molecule has 11 heteroatoms. The fourth-order valence-corrected chi connectivity index (χ4v) is 7.92.